The van der Waals surface area contributed by atoms with Crippen LogP contribution in [0.2, 0.25) is 0 Å². The van der Waals surface area contributed by atoms with Crippen LogP contribution in [0.4, 0.5) is 0 Å². The average Bonchev–Trinajstić information content (AvgIpc) is 3.58. The molecule has 0 amide bonds. The van der Waals surface area contributed by atoms with E-state index < -0.39 is 0 Å². The molecule has 0 fully saturated rings. The Bertz CT molecular complexity index is 2570. The molecule has 2 heterocycles. The summed E-state index contributed by atoms with van der Waals surface area (Å²) < 4.78 is 2.61. The monoisotopic (exact) mass is 643 g/mol. The molecular formula is C45H29N3S. The first-order valence-electron chi connectivity index (χ1n) is 16.4. The van der Waals surface area contributed by atoms with Crippen LogP contribution in [0.5, 0.6) is 0 Å². The van der Waals surface area contributed by atoms with E-state index in [1.165, 1.54) is 48.0 Å². The Hall–Kier alpha value is -6.23. The molecule has 0 spiro atoms. The Balaban J connectivity index is 1.08. The van der Waals surface area contributed by atoms with Gasteiger partial charge in [-0.05, 0) is 45.5 Å². The molecule has 0 saturated heterocycles. The first-order chi connectivity index (χ1) is 24.3. The molecule has 0 aliphatic rings. The van der Waals surface area contributed by atoms with Gasteiger partial charge >= 0.3 is 0 Å². The van der Waals surface area contributed by atoms with Crippen molar-refractivity contribution in [3.8, 4) is 67.5 Å². The molecule has 0 aliphatic heterocycles. The lowest BCUT2D eigenvalue weighted by Crippen LogP contribution is -2.00. The molecule has 0 unspecified atom stereocenters. The van der Waals surface area contributed by atoms with E-state index in [0.29, 0.717) is 17.5 Å². The summed E-state index contributed by atoms with van der Waals surface area (Å²) >= 11 is 1.85. The third-order valence-electron chi connectivity index (χ3n) is 8.97. The maximum absolute atomic E-state index is 5.02. The average molecular weight is 644 g/mol. The molecule has 0 bridgehead atoms. The second-order valence-electron chi connectivity index (χ2n) is 12.1. The lowest BCUT2D eigenvalue weighted by molar-refractivity contribution is 1.07. The van der Waals surface area contributed by atoms with Crippen LogP contribution in [0.1, 0.15) is 0 Å². The van der Waals surface area contributed by atoms with Crippen LogP contribution >= 0.6 is 11.3 Å². The van der Waals surface area contributed by atoms with Gasteiger partial charge in [0.25, 0.3) is 0 Å². The van der Waals surface area contributed by atoms with Crippen molar-refractivity contribution in [1.82, 2.24) is 15.0 Å². The summed E-state index contributed by atoms with van der Waals surface area (Å²) in [5.41, 5.74) is 9.96. The Morgan fingerprint density at radius 2 is 0.735 bits per heavy atom. The van der Waals surface area contributed by atoms with Gasteiger partial charge in [-0.2, -0.15) is 0 Å². The Kier molecular flexibility index (Phi) is 7.34. The van der Waals surface area contributed by atoms with Crippen molar-refractivity contribution < 1.29 is 0 Å². The highest BCUT2D eigenvalue weighted by atomic mass is 32.1. The van der Waals surface area contributed by atoms with E-state index in [1.807, 2.05) is 47.7 Å². The lowest BCUT2D eigenvalue weighted by atomic mass is 9.98. The first kappa shape index (κ1) is 29.0. The van der Waals surface area contributed by atoms with Crippen molar-refractivity contribution in [2.24, 2.45) is 0 Å². The van der Waals surface area contributed by atoms with E-state index in [2.05, 4.69) is 140 Å². The Morgan fingerprint density at radius 3 is 1.37 bits per heavy atom. The zero-order valence-electron chi connectivity index (χ0n) is 26.5. The molecule has 230 valence electrons. The van der Waals surface area contributed by atoms with Gasteiger partial charge in [0.05, 0.1) is 0 Å². The van der Waals surface area contributed by atoms with Crippen LogP contribution in [-0.2, 0) is 0 Å². The number of aromatic nitrogens is 3. The molecule has 49 heavy (non-hydrogen) atoms. The van der Waals surface area contributed by atoms with Gasteiger partial charge in [0, 0.05) is 36.9 Å². The van der Waals surface area contributed by atoms with Gasteiger partial charge in [0.1, 0.15) is 0 Å². The summed E-state index contributed by atoms with van der Waals surface area (Å²) in [6.45, 7) is 0. The van der Waals surface area contributed by atoms with Gasteiger partial charge in [0.15, 0.2) is 17.5 Å². The maximum Gasteiger partial charge on any atom is 0.164 e. The minimum absolute atomic E-state index is 0.646. The Morgan fingerprint density at radius 1 is 0.306 bits per heavy atom. The fourth-order valence-electron chi connectivity index (χ4n) is 6.44. The maximum atomic E-state index is 5.02. The zero-order valence-corrected chi connectivity index (χ0v) is 27.3. The van der Waals surface area contributed by atoms with Gasteiger partial charge in [-0.25, -0.2) is 15.0 Å². The normalized spacial score (nSPS) is 11.3. The summed E-state index contributed by atoms with van der Waals surface area (Å²) in [4.78, 5) is 14.9. The van der Waals surface area contributed by atoms with Crippen LogP contribution in [0.15, 0.2) is 176 Å². The lowest BCUT2D eigenvalue weighted by Gasteiger charge is -2.10. The predicted octanol–water partition coefficient (Wildman–Crippen LogP) is 12.2. The van der Waals surface area contributed by atoms with Crippen molar-refractivity contribution in [2.45, 2.75) is 0 Å². The third-order valence-corrected chi connectivity index (χ3v) is 10.2. The number of thiophene rings is 1. The SMILES string of the molecule is c1ccc(-c2cccc(-c3ccc(-c4nc(-c5ccccc5)nc(-c5ccc(-c6cccc7c6sc6ccccc67)cc5)n4)cc3)c2)cc1. The van der Waals surface area contributed by atoms with Crippen molar-refractivity contribution >= 4 is 31.5 Å². The van der Waals surface area contributed by atoms with E-state index in [1.54, 1.807) is 0 Å². The molecule has 0 atom stereocenters. The largest absolute Gasteiger partial charge is 0.208 e. The topological polar surface area (TPSA) is 38.7 Å². The van der Waals surface area contributed by atoms with Gasteiger partial charge in [0.2, 0.25) is 0 Å². The summed E-state index contributed by atoms with van der Waals surface area (Å²) in [6.07, 6.45) is 0. The summed E-state index contributed by atoms with van der Waals surface area (Å²) in [5.74, 6) is 1.95. The van der Waals surface area contributed by atoms with Crippen molar-refractivity contribution in [1.29, 1.82) is 0 Å². The molecule has 0 N–H and O–H groups in total. The quantitative estimate of drug-likeness (QED) is 0.181. The number of rotatable bonds is 6. The van der Waals surface area contributed by atoms with E-state index >= 15 is 0 Å². The highest BCUT2D eigenvalue weighted by Gasteiger charge is 2.14. The van der Waals surface area contributed by atoms with Crippen molar-refractivity contribution in [2.75, 3.05) is 0 Å². The summed E-state index contributed by atoms with van der Waals surface area (Å²) in [6, 6.07) is 61.6. The van der Waals surface area contributed by atoms with Crippen LogP contribution in [0.25, 0.3) is 87.7 Å². The number of hydrogen-bond acceptors (Lipinski definition) is 4. The zero-order chi connectivity index (χ0) is 32.6. The minimum Gasteiger partial charge on any atom is -0.208 e. The number of fused-ring (bicyclic) bond motifs is 3. The molecule has 3 nitrogen and oxygen atoms in total. The molecule has 9 aromatic rings. The fourth-order valence-corrected chi connectivity index (χ4v) is 7.68. The van der Waals surface area contributed by atoms with Crippen LogP contribution in [0, 0.1) is 0 Å². The number of nitrogens with zero attached hydrogens (tertiary/aromatic N) is 3. The van der Waals surface area contributed by atoms with Gasteiger partial charge in [-0.1, -0.05) is 164 Å². The second kappa shape index (κ2) is 12.4. The molecule has 9 rings (SSSR count). The second-order valence-corrected chi connectivity index (χ2v) is 13.1. The molecule has 4 heteroatoms. The summed E-state index contributed by atoms with van der Waals surface area (Å²) in [5, 5.41) is 2.60. The molecule has 2 aromatic heterocycles. The van der Waals surface area contributed by atoms with E-state index in [-0.39, 0.29) is 0 Å². The number of benzene rings is 7. The van der Waals surface area contributed by atoms with Gasteiger partial charge < -0.3 is 0 Å². The summed E-state index contributed by atoms with van der Waals surface area (Å²) in [7, 11) is 0. The van der Waals surface area contributed by atoms with Crippen LogP contribution < -0.4 is 0 Å². The first-order valence-corrected chi connectivity index (χ1v) is 17.2. The van der Waals surface area contributed by atoms with Gasteiger partial charge in [-0.3, -0.25) is 0 Å². The molecular weight excluding hydrogens is 615 g/mol. The highest BCUT2D eigenvalue weighted by Crippen LogP contribution is 2.40. The Labute approximate surface area is 288 Å². The van der Waals surface area contributed by atoms with E-state index in [4.69, 9.17) is 15.0 Å². The van der Waals surface area contributed by atoms with E-state index in [9.17, 15) is 0 Å². The van der Waals surface area contributed by atoms with Crippen molar-refractivity contribution in [3.05, 3.63) is 176 Å². The highest BCUT2D eigenvalue weighted by molar-refractivity contribution is 7.26. The molecule has 0 aliphatic carbocycles. The van der Waals surface area contributed by atoms with E-state index in [0.717, 1.165) is 22.3 Å². The number of hydrogen-bond donors (Lipinski definition) is 0. The predicted molar refractivity (Wildman–Crippen MR) is 205 cm³/mol. The molecule has 0 radical (unpaired) electrons. The smallest absolute Gasteiger partial charge is 0.164 e. The van der Waals surface area contributed by atoms with Crippen LogP contribution in [-0.4, -0.2) is 15.0 Å². The standard InChI is InChI=1S/C45H29N3S/c1-3-11-30(12-4-1)36-15-9-16-37(29-36)31-21-25-34(26-22-31)44-46-43(33-13-5-2-6-14-33)47-45(48-44)35-27-23-32(24-28-35)38-18-10-19-40-39-17-7-8-20-41(39)49-42(38)40/h1-29H. The fraction of sp³-hybridized carbons (Fsp3) is 0. The van der Waals surface area contributed by atoms with Gasteiger partial charge in [-0.15, -0.1) is 11.3 Å². The molecule has 7 aromatic carbocycles. The van der Waals surface area contributed by atoms with Crippen molar-refractivity contribution in [3.63, 3.8) is 0 Å². The van der Waals surface area contributed by atoms with Crippen LogP contribution in [0.3, 0.4) is 0 Å². The third kappa shape index (κ3) is 5.58. The molecule has 0 saturated carbocycles. The minimum atomic E-state index is 0.646.